The van der Waals surface area contributed by atoms with Crippen molar-refractivity contribution in [1.82, 2.24) is 0 Å². The number of hydrogen-bond donors (Lipinski definition) is 1. The maximum Gasteiger partial charge on any atom is 0.446 e. The van der Waals surface area contributed by atoms with E-state index < -0.39 is 10.4 Å². The van der Waals surface area contributed by atoms with Gasteiger partial charge in [-0.2, -0.15) is 8.42 Å². The number of hydrogen-bond acceptors (Lipinski definition) is 3. The van der Waals surface area contributed by atoms with Crippen LogP contribution in [-0.4, -0.2) is 13.0 Å². The van der Waals surface area contributed by atoms with Crippen molar-refractivity contribution in [3.63, 3.8) is 0 Å². The number of rotatable bonds is 6. The maximum atomic E-state index is 10.7. The third kappa shape index (κ3) is 5.06. The fraction of sp³-hybridized carbons (Fsp3) is 0.125. The highest BCUT2D eigenvalue weighted by Crippen LogP contribution is 2.23. The maximum absolute atomic E-state index is 10.7. The first-order valence-corrected chi connectivity index (χ1v) is 7.79. The predicted molar refractivity (Wildman–Crippen MR) is 82.4 cm³/mol. The summed E-state index contributed by atoms with van der Waals surface area (Å²) >= 11 is 0. The summed E-state index contributed by atoms with van der Waals surface area (Å²) in [5.74, 6) is 0.0656. The molecule has 2 aromatic carbocycles. The molecule has 0 aliphatic rings. The topological polar surface area (TPSA) is 63.6 Å². The number of allylic oxidation sites excluding steroid dienone is 1. The Kier molecular flexibility index (Phi) is 4.77. The van der Waals surface area contributed by atoms with Gasteiger partial charge in [-0.05, 0) is 41.7 Å². The highest BCUT2D eigenvalue weighted by Gasteiger charge is 2.08. The molecular weight excluding hydrogens is 288 g/mol. The summed E-state index contributed by atoms with van der Waals surface area (Å²) in [4.78, 5) is 0. The molecule has 0 aliphatic heterocycles. The molecule has 1 N–H and O–H groups in total. The van der Waals surface area contributed by atoms with Gasteiger partial charge in [0.25, 0.3) is 0 Å². The molecule has 21 heavy (non-hydrogen) atoms. The lowest BCUT2D eigenvalue weighted by Gasteiger charge is -2.08. The van der Waals surface area contributed by atoms with E-state index in [4.69, 9.17) is 4.55 Å². The molecule has 0 aromatic heterocycles. The lowest BCUT2D eigenvalue weighted by atomic mass is 10.00. The second kappa shape index (κ2) is 6.56. The quantitative estimate of drug-likeness (QED) is 0.829. The second-order valence-corrected chi connectivity index (χ2v) is 5.65. The third-order valence-electron chi connectivity index (χ3n) is 3.00. The molecule has 0 aliphatic carbocycles. The number of benzene rings is 2. The summed E-state index contributed by atoms with van der Waals surface area (Å²) in [7, 11) is -4.50. The zero-order valence-electron chi connectivity index (χ0n) is 11.4. The lowest BCUT2D eigenvalue weighted by Crippen LogP contribution is -2.06. The van der Waals surface area contributed by atoms with Gasteiger partial charge in [0, 0.05) is 0 Å². The van der Waals surface area contributed by atoms with Gasteiger partial charge in [0.05, 0.1) is 0 Å². The summed E-state index contributed by atoms with van der Waals surface area (Å²) in [5, 5.41) is 0. The SMILES string of the molecule is C=C(CCc1ccccc1)c1cccc(OS(=O)(=O)O)c1. The van der Waals surface area contributed by atoms with Gasteiger partial charge in [0.2, 0.25) is 0 Å². The Hall–Kier alpha value is -2.11. The molecule has 0 amide bonds. The Morgan fingerprint density at radius 3 is 2.48 bits per heavy atom. The Bertz CT molecular complexity index is 721. The van der Waals surface area contributed by atoms with Crippen LogP contribution in [-0.2, 0) is 16.8 Å². The van der Waals surface area contributed by atoms with Gasteiger partial charge in [-0.3, -0.25) is 4.55 Å². The van der Waals surface area contributed by atoms with Crippen molar-refractivity contribution in [2.45, 2.75) is 12.8 Å². The Morgan fingerprint density at radius 2 is 1.81 bits per heavy atom. The summed E-state index contributed by atoms with van der Waals surface area (Å²) in [6.07, 6.45) is 1.60. The first-order chi connectivity index (χ1) is 9.94. The van der Waals surface area contributed by atoms with Crippen molar-refractivity contribution in [3.05, 3.63) is 72.3 Å². The predicted octanol–water partition coefficient (Wildman–Crippen LogP) is 3.51. The summed E-state index contributed by atoms with van der Waals surface area (Å²) in [6, 6.07) is 16.5. The standard InChI is InChI=1S/C16H16O4S/c1-13(10-11-14-6-3-2-4-7-14)15-8-5-9-16(12-15)20-21(17,18)19/h2-9,12H,1,10-11H2,(H,17,18,19). The van der Waals surface area contributed by atoms with Crippen LogP contribution in [0, 0.1) is 0 Å². The van der Waals surface area contributed by atoms with Crippen molar-refractivity contribution in [1.29, 1.82) is 0 Å². The van der Waals surface area contributed by atoms with E-state index in [9.17, 15) is 8.42 Å². The summed E-state index contributed by atoms with van der Waals surface area (Å²) in [5.41, 5.74) is 2.87. The zero-order chi connectivity index (χ0) is 15.3. The van der Waals surface area contributed by atoms with E-state index in [1.54, 1.807) is 12.1 Å². The molecule has 0 heterocycles. The normalized spacial score (nSPS) is 11.1. The van der Waals surface area contributed by atoms with Crippen LogP contribution < -0.4 is 4.18 Å². The molecule has 4 nitrogen and oxygen atoms in total. The van der Waals surface area contributed by atoms with E-state index in [-0.39, 0.29) is 5.75 Å². The smallest absolute Gasteiger partial charge is 0.362 e. The molecule has 2 rings (SSSR count). The molecule has 0 radical (unpaired) electrons. The van der Waals surface area contributed by atoms with E-state index in [1.807, 2.05) is 36.4 Å². The molecule has 110 valence electrons. The van der Waals surface area contributed by atoms with E-state index in [1.165, 1.54) is 11.6 Å². The van der Waals surface area contributed by atoms with E-state index in [2.05, 4.69) is 10.8 Å². The molecule has 0 bridgehead atoms. The van der Waals surface area contributed by atoms with Crippen LogP contribution in [0.4, 0.5) is 0 Å². The molecule has 0 fully saturated rings. The fourth-order valence-electron chi connectivity index (χ4n) is 1.97. The van der Waals surface area contributed by atoms with Gasteiger partial charge in [0.1, 0.15) is 5.75 Å². The van der Waals surface area contributed by atoms with Crippen LogP contribution in [0.25, 0.3) is 5.57 Å². The van der Waals surface area contributed by atoms with Crippen molar-refractivity contribution < 1.29 is 17.2 Å². The van der Waals surface area contributed by atoms with Crippen LogP contribution >= 0.6 is 0 Å². The monoisotopic (exact) mass is 304 g/mol. The first kappa shape index (κ1) is 15.3. The minimum absolute atomic E-state index is 0.0656. The highest BCUT2D eigenvalue weighted by atomic mass is 32.3. The average molecular weight is 304 g/mol. The first-order valence-electron chi connectivity index (χ1n) is 6.43. The van der Waals surface area contributed by atoms with Gasteiger partial charge in [0.15, 0.2) is 0 Å². The Balaban J connectivity index is 2.04. The van der Waals surface area contributed by atoms with Crippen LogP contribution in [0.1, 0.15) is 17.5 Å². The highest BCUT2D eigenvalue weighted by molar-refractivity contribution is 7.81. The third-order valence-corrected chi connectivity index (χ3v) is 3.41. The molecule has 0 spiro atoms. The van der Waals surface area contributed by atoms with Crippen molar-refractivity contribution in [2.75, 3.05) is 0 Å². The van der Waals surface area contributed by atoms with E-state index in [0.29, 0.717) is 0 Å². The van der Waals surface area contributed by atoms with Gasteiger partial charge < -0.3 is 4.18 Å². The van der Waals surface area contributed by atoms with Gasteiger partial charge in [-0.25, -0.2) is 0 Å². The molecule has 0 atom stereocenters. The molecule has 2 aromatic rings. The van der Waals surface area contributed by atoms with Gasteiger partial charge in [-0.1, -0.05) is 49.0 Å². The average Bonchev–Trinajstić information content (AvgIpc) is 2.44. The Morgan fingerprint density at radius 1 is 1.10 bits per heavy atom. The van der Waals surface area contributed by atoms with Gasteiger partial charge >= 0.3 is 10.4 Å². The van der Waals surface area contributed by atoms with Gasteiger partial charge in [-0.15, -0.1) is 0 Å². The van der Waals surface area contributed by atoms with Crippen molar-refractivity contribution in [3.8, 4) is 5.75 Å². The summed E-state index contributed by atoms with van der Waals surface area (Å²) in [6.45, 7) is 4.01. The van der Waals surface area contributed by atoms with Crippen molar-refractivity contribution in [2.24, 2.45) is 0 Å². The zero-order valence-corrected chi connectivity index (χ0v) is 12.2. The van der Waals surface area contributed by atoms with E-state index in [0.717, 1.165) is 24.0 Å². The van der Waals surface area contributed by atoms with Crippen LogP contribution in [0.5, 0.6) is 5.75 Å². The molecule has 5 heteroatoms. The van der Waals surface area contributed by atoms with Crippen LogP contribution in [0.15, 0.2) is 61.2 Å². The molecule has 0 saturated heterocycles. The minimum atomic E-state index is -4.50. The molecule has 0 unspecified atom stereocenters. The largest absolute Gasteiger partial charge is 0.446 e. The summed E-state index contributed by atoms with van der Waals surface area (Å²) < 4.78 is 34.5. The lowest BCUT2D eigenvalue weighted by molar-refractivity contribution is 0.387. The van der Waals surface area contributed by atoms with E-state index >= 15 is 0 Å². The molecule has 0 saturated carbocycles. The fourth-order valence-corrected chi connectivity index (χ4v) is 2.32. The Labute approximate surface area is 124 Å². The van der Waals surface area contributed by atoms with Crippen molar-refractivity contribution >= 4 is 16.0 Å². The van der Waals surface area contributed by atoms with Crippen LogP contribution in [0.3, 0.4) is 0 Å². The molecular formula is C16H16O4S. The van der Waals surface area contributed by atoms with Crippen LogP contribution in [0.2, 0.25) is 0 Å². The second-order valence-electron chi connectivity index (χ2n) is 4.63. The minimum Gasteiger partial charge on any atom is -0.362 e. The number of aryl methyl sites for hydroxylation is 1.